The minimum absolute atomic E-state index is 0.0426. The van der Waals surface area contributed by atoms with Gasteiger partial charge in [0.05, 0.1) is 0 Å². The molecule has 240 valence electrons. The lowest BCUT2D eigenvalue weighted by atomic mass is 9.83. The van der Waals surface area contributed by atoms with Crippen LogP contribution >= 0.6 is 0 Å². The Morgan fingerprint density at radius 3 is 1.40 bits per heavy atom. The minimum Gasteiger partial charge on any atom is -0.324 e. The van der Waals surface area contributed by atoms with Crippen LogP contribution in [0.25, 0.3) is 0 Å². The van der Waals surface area contributed by atoms with Crippen LogP contribution in [-0.2, 0) is 19.5 Å². The number of anilines is 2. The Kier molecular flexibility index (Phi) is 7.42. The summed E-state index contributed by atoms with van der Waals surface area (Å²) in [5.41, 5.74) is 5.88. The molecule has 10 heteroatoms. The molecule has 8 rings (SSSR count). The molecule has 0 unspecified atom stereocenters. The van der Waals surface area contributed by atoms with E-state index in [2.05, 4.69) is 10.6 Å². The SMILES string of the molecule is O=C(Nc1ccc(Cc2ccc(NC(=O)N3C[C@H]4C[C@@H](C3)c3cccc(=O)n3C4)cc2)cc1)N1C[C@H]2C[C@@H](C1)c1cccc(=O)n1C2. The zero-order chi connectivity index (χ0) is 32.1. The molecule has 4 aromatic rings. The lowest BCUT2D eigenvalue weighted by Crippen LogP contribution is -2.50. The molecule has 6 heterocycles. The first kappa shape index (κ1) is 29.3. The predicted molar refractivity (Wildman–Crippen MR) is 180 cm³/mol. The number of nitrogens with zero attached hydrogens (tertiary/aromatic N) is 4. The highest BCUT2D eigenvalue weighted by atomic mass is 16.2. The second-order valence-electron chi connectivity index (χ2n) is 13.6. The fourth-order valence-corrected chi connectivity index (χ4v) is 8.18. The summed E-state index contributed by atoms with van der Waals surface area (Å²) in [4.78, 5) is 54.7. The molecule has 2 aromatic heterocycles. The van der Waals surface area contributed by atoms with Crippen LogP contribution in [0.2, 0.25) is 0 Å². The number of hydrogen-bond acceptors (Lipinski definition) is 4. The number of aromatic nitrogens is 2. The number of carbonyl (C=O) groups is 2. The van der Waals surface area contributed by atoms with Gasteiger partial charge in [0, 0.05) is 86.0 Å². The van der Waals surface area contributed by atoms with E-state index in [9.17, 15) is 19.2 Å². The van der Waals surface area contributed by atoms with Crippen molar-refractivity contribution in [1.82, 2.24) is 18.9 Å². The third-order valence-corrected chi connectivity index (χ3v) is 10.4. The summed E-state index contributed by atoms with van der Waals surface area (Å²) >= 11 is 0. The van der Waals surface area contributed by atoms with E-state index in [1.54, 1.807) is 12.1 Å². The molecule has 4 amide bonds. The van der Waals surface area contributed by atoms with Gasteiger partial charge in [-0.25, -0.2) is 9.59 Å². The summed E-state index contributed by atoms with van der Waals surface area (Å²) in [6.45, 7) is 3.83. The molecule has 2 saturated heterocycles. The number of pyridine rings is 2. The van der Waals surface area contributed by atoms with E-state index in [4.69, 9.17) is 0 Å². The maximum atomic E-state index is 13.2. The van der Waals surface area contributed by atoms with Crippen LogP contribution in [0, 0.1) is 11.8 Å². The van der Waals surface area contributed by atoms with Gasteiger partial charge in [-0.3, -0.25) is 9.59 Å². The van der Waals surface area contributed by atoms with E-state index in [1.807, 2.05) is 91.7 Å². The van der Waals surface area contributed by atoms with E-state index in [-0.39, 0.29) is 46.9 Å². The predicted octanol–water partition coefficient (Wildman–Crippen LogP) is 4.90. The maximum Gasteiger partial charge on any atom is 0.321 e. The summed E-state index contributed by atoms with van der Waals surface area (Å²) < 4.78 is 3.75. The summed E-state index contributed by atoms with van der Waals surface area (Å²) in [6.07, 6.45) is 2.74. The van der Waals surface area contributed by atoms with Gasteiger partial charge in [0.15, 0.2) is 0 Å². The van der Waals surface area contributed by atoms with E-state index >= 15 is 0 Å². The van der Waals surface area contributed by atoms with Gasteiger partial charge in [0.1, 0.15) is 0 Å². The molecule has 2 fully saturated rings. The summed E-state index contributed by atoms with van der Waals surface area (Å²) in [6, 6.07) is 26.5. The normalized spacial score (nSPS) is 22.6. The Morgan fingerprint density at radius 1 is 0.553 bits per heavy atom. The number of carbonyl (C=O) groups excluding carboxylic acids is 2. The highest BCUT2D eigenvalue weighted by molar-refractivity contribution is 5.90. The van der Waals surface area contributed by atoms with Crippen LogP contribution in [-0.4, -0.2) is 57.2 Å². The number of rotatable bonds is 4. The second kappa shape index (κ2) is 11.9. The maximum absolute atomic E-state index is 13.2. The number of urea groups is 2. The molecule has 0 aliphatic carbocycles. The highest BCUT2D eigenvalue weighted by Crippen LogP contribution is 2.36. The molecular weight excluding hydrogens is 592 g/mol. The molecule has 0 radical (unpaired) electrons. The number of benzene rings is 2. The van der Waals surface area contributed by atoms with Crippen LogP contribution < -0.4 is 21.8 Å². The number of likely N-dealkylation sites (tertiary alicyclic amines) is 2. The molecule has 4 atom stereocenters. The molecule has 4 aliphatic heterocycles. The second-order valence-corrected chi connectivity index (χ2v) is 13.6. The van der Waals surface area contributed by atoms with E-state index < -0.39 is 0 Å². The summed E-state index contributed by atoms with van der Waals surface area (Å²) in [5.74, 6) is 0.927. The van der Waals surface area contributed by atoms with Gasteiger partial charge < -0.3 is 29.6 Å². The standard InChI is InChI=1S/C37H38N6O4/c44-34-5-1-3-32-28-16-26(20-42(32)34)18-40(22-28)36(46)38-30-11-7-24(8-12-30)15-25-9-13-31(14-10-25)39-37(47)41-19-27-17-29(23-41)33-4-2-6-35(45)43(33)21-27/h1-14,26-29H,15-23H2,(H,38,46)(H,39,47)/t26-,27-,28+,29+/m1/s1. The lowest BCUT2D eigenvalue weighted by molar-refractivity contribution is 0.139. The van der Waals surface area contributed by atoms with Crippen LogP contribution in [0.1, 0.15) is 47.2 Å². The van der Waals surface area contributed by atoms with Gasteiger partial charge in [0.2, 0.25) is 0 Å². The smallest absolute Gasteiger partial charge is 0.321 e. The Labute approximate surface area is 272 Å². The topological polar surface area (TPSA) is 109 Å². The third kappa shape index (κ3) is 5.84. The average Bonchev–Trinajstić information content (AvgIpc) is 3.07. The van der Waals surface area contributed by atoms with Gasteiger partial charge in [-0.2, -0.15) is 0 Å². The van der Waals surface area contributed by atoms with Gasteiger partial charge in [-0.15, -0.1) is 0 Å². The largest absolute Gasteiger partial charge is 0.324 e. The first-order valence-electron chi connectivity index (χ1n) is 16.6. The van der Waals surface area contributed by atoms with Crippen molar-refractivity contribution >= 4 is 23.4 Å². The molecule has 2 aromatic carbocycles. The highest BCUT2D eigenvalue weighted by Gasteiger charge is 2.37. The Balaban J connectivity index is 0.843. The van der Waals surface area contributed by atoms with Crippen molar-refractivity contribution in [2.24, 2.45) is 11.8 Å². The number of piperidine rings is 2. The molecule has 2 N–H and O–H groups in total. The van der Waals surface area contributed by atoms with Crippen LogP contribution in [0.5, 0.6) is 0 Å². The van der Waals surface area contributed by atoms with Gasteiger partial charge in [-0.05, 0) is 78.6 Å². The Bertz CT molecular complexity index is 1810. The van der Waals surface area contributed by atoms with E-state index in [0.29, 0.717) is 39.3 Å². The van der Waals surface area contributed by atoms with E-state index in [1.165, 1.54) is 0 Å². The molecule has 4 aliphatic rings. The third-order valence-electron chi connectivity index (χ3n) is 10.4. The van der Waals surface area contributed by atoms with Crippen molar-refractivity contribution in [1.29, 1.82) is 0 Å². The van der Waals surface area contributed by atoms with Crippen molar-refractivity contribution in [3.8, 4) is 0 Å². The van der Waals surface area contributed by atoms with Crippen molar-refractivity contribution < 1.29 is 9.59 Å². The number of amides is 4. The quantitative estimate of drug-likeness (QED) is 0.334. The monoisotopic (exact) mass is 630 g/mol. The average molecular weight is 631 g/mol. The Hall–Kier alpha value is -5.12. The molecule has 10 nitrogen and oxygen atoms in total. The molecular formula is C37H38N6O4. The van der Waals surface area contributed by atoms with Crippen molar-refractivity contribution in [3.63, 3.8) is 0 Å². The number of fused-ring (bicyclic) bond motifs is 8. The van der Waals surface area contributed by atoms with Crippen LogP contribution in [0.15, 0.2) is 94.5 Å². The zero-order valence-corrected chi connectivity index (χ0v) is 26.2. The molecule has 47 heavy (non-hydrogen) atoms. The van der Waals surface area contributed by atoms with Crippen molar-refractivity contribution in [2.75, 3.05) is 36.8 Å². The molecule has 0 saturated carbocycles. The number of hydrogen-bond donors (Lipinski definition) is 2. The van der Waals surface area contributed by atoms with Crippen molar-refractivity contribution in [3.05, 3.63) is 128 Å². The van der Waals surface area contributed by atoms with Gasteiger partial charge >= 0.3 is 12.1 Å². The Morgan fingerprint density at radius 2 is 0.979 bits per heavy atom. The fraction of sp³-hybridized carbons (Fsp3) is 0.351. The molecule has 4 bridgehead atoms. The fourth-order valence-electron chi connectivity index (χ4n) is 8.18. The first-order valence-corrected chi connectivity index (χ1v) is 16.6. The van der Waals surface area contributed by atoms with Crippen LogP contribution in [0.3, 0.4) is 0 Å². The van der Waals surface area contributed by atoms with Crippen molar-refractivity contribution in [2.45, 2.75) is 44.2 Å². The number of nitrogens with one attached hydrogen (secondary N) is 2. The first-order chi connectivity index (χ1) is 22.9. The van der Waals surface area contributed by atoms with Gasteiger partial charge in [0.25, 0.3) is 11.1 Å². The summed E-state index contributed by atoms with van der Waals surface area (Å²) in [5, 5.41) is 6.12. The van der Waals surface area contributed by atoms with E-state index in [0.717, 1.165) is 53.2 Å². The zero-order valence-electron chi connectivity index (χ0n) is 26.2. The lowest BCUT2D eigenvalue weighted by Gasteiger charge is -2.42. The van der Waals surface area contributed by atoms with Crippen LogP contribution in [0.4, 0.5) is 21.0 Å². The molecule has 0 spiro atoms. The van der Waals surface area contributed by atoms with Gasteiger partial charge in [-0.1, -0.05) is 36.4 Å². The minimum atomic E-state index is -0.107. The summed E-state index contributed by atoms with van der Waals surface area (Å²) in [7, 11) is 0.